The Hall–Kier alpha value is 0.869. The summed E-state index contributed by atoms with van der Waals surface area (Å²) in [4.78, 5) is 0. The van der Waals surface area contributed by atoms with Crippen molar-refractivity contribution >= 4 is 24.9 Å². The monoisotopic (exact) mass is 226 g/mol. The van der Waals surface area contributed by atoms with E-state index in [2.05, 4.69) is 24.9 Å². The number of rotatable bonds is 6. The maximum atomic E-state index is 4.30. The number of hydrogen-bond acceptors (Lipinski definition) is 1. The molecule has 0 N–H and O–H groups in total. The molecule has 0 saturated heterocycles. The van der Waals surface area contributed by atoms with Crippen LogP contribution in [0.5, 0.6) is 0 Å². The van der Waals surface area contributed by atoms with E-state index in [1.165, 1.54) is 31.0 Å². The van der Waals surface area contributed by atoms with E-state index in [9.17, 15) is 0 Å². The van der Waals surface area contributed by atoms with Gasteiger partial charge in [0, 0.05) is 0 Å². The van der Waals surface area contributed by atoms with Crippen molar-refractivity contribution in [2.24, 2.45) is 5.92 Å². The quantitative estimate of drug-likeness (QED) is 0.521. The molecule has 0 aromatic carbocycles. The fraction of sp³-hybridized carbons (Fsp3) is 1.00. The third-order valence-electron chi connectivity index (χ3n) is 1.85. The molecule has 10 heavy (non-hydrogen) atoms. The van der Waals surface area contributed by atoms with Gasteiger partial charge in [-0.15, -0.1) is 0 Å². The molecule has 0 aromatic rings. The summed E-state index contributed by atoms with van der Waals surface area (Å²) in [5.41, 5.74) is 0. The molecule has 0 heterocycles. The van der Waals surface area contributed by atoms with E-state index in [1.54, 1.807) is 0 Å². The van der Waals surface area contributed by atoms with Crippen LogP contribution in [0.1, 0.15) is 39.5 Å². The van der Waals surface area contributed by atoms with Crippen LogP contribution in [0.4, 0.5) is 0 Å². The average Bonchev–Trinajstić information content (AvgIpc) is 1.98. The van der Waals surface area contributed by atoms with Crippen LogP contribution in [0.2, 0.25) is 5.32 Å². The van der Waals surface area contributed by atoms with Crippen molar-refractivity contribution in [1.82, 2.24) is 0 Å². The van der Waals surface area contributed by atoms with Gasteiger partial charge in [-0.25, -0.2) is 0 Å². The van der Waals surface area contributed by atoms with Crippen LogP contribution < -0.4 is 0 Å². The predicted molar refractivity (Wildman–Crippen MR) is 52.9 cm³/mol. The number of hydrogen-bond donors (Lipinski definition) is 1. The first-order chi connectivity index (χ1) is 4.85. The Labute approximate surface area is 75.8 Å². The third kappa shape index (κ3) is 5.64. The molecule has 0 bridgehead atoms. The molecular formula is C8H18SSe. The molecule has 62 valence electrons. The minimum absolute atomic E-state index is 0.592. The zero-order chi connectivity index (χ0) is 7.82. The molecule has 0 saturated carbocycles. The SMILES string of the molecule is CCCCC(CC)C[Se]S. The molecule has 0 fully saturated rings. The summed E-state index contributed by atoms with van der Waals surface area (Å²) >= 11 is 4.89. The van der Waals surface area contributed by atoms with Crippen LogP contribution in [0.15, 0.2) is 0 Å². The van der Waals surface area contributed by atoms with E-state index in [1.807, 2.05) is 0 Å². The topological polar surface area (TPSA) is 0 Å². The van der Waals surface area contributed by atoms with Gasteiger partial charge in [0.25, 0.3) is 0 Å². The van der Waals surface area contributed by atoms with Crippen molar-refractivity contribution in [1.29, 1.82) is 0 Å². The maximum absolute atomic E-state index is 4.30. The Kier molecular flexibility index (Phi) is 8.66. The molecular weight excluding hydrogens is 207 g/mol. The summed E-state index contributed by atoms with van der Waals surface area (Å²) in [6.45, 7) is 4.55. The van der Waals surface area contributed by atoms with Gasteiger partial charge in [-0.05, 0) is 0 Å². The van der Waals surface area contributed by atoms with Crippen LogP contribution in [0.25, 0.3) is 0 Å². The van der Waals surface area contributed by atoms with E-state index >= 15 is 0 Å². The van der Waals surface area contributed by atoms with Gasteiger partial charge in [-0.2, -0.15) is 0 Å². The van der Waals surface area contributed by atoms with Crippen molar-refractivity contribution in [3.8, 4) is 0 Å². The van der Waals surface area contributed by atoms with E-state index < -0.39 is 0 Å². The Morgan fingerprint density at radius 1 is 1.40 bits per heavy atom. The molecule has 0 aliphatic carbocycles. The van der Waals surface area contributed by atoms with Gasteiger partial charge in [0.05, 0.1) is 0 Å². The van der Waals surface area contributed by atoms with Crippen molar-refractivity contribution in [2.75, 3.05) is 0 Å². The molecule has 0 amide bonds. The Morgan fingerprint density at radius 2 is 2.10 bits per heavy atom. The van der Waals surface area contributed by atoms with Gasteiger partial charge in [0.2, 0.25) is 0 Å². The van der Waals surface area contributed by atoms with Crippen molar-refractivity contribution in [2.45, 2.75) is 44.9 Å². The van der Waals surface area contributed by atoms with E-state index in [0.29, 0.717) is 13.8 Å². The van der Waals surface area contributed by atoms with E-state index in [4.69, 9.17) is 0 Å². The zero-order valence-corrected chi connectivity index (χ0v) is 9.58. The summed E-state index contributed by atoms with van der Waals surface area (Å²) in [7, 11) is 0. The van der Waals surface area contributed by atoms with E-state index in [0.717, 1.165) is 5.92 Å². The number of unbranched alkanes of at least 4 members (excludes halogenated alkanes) is 1. The van der Waals surface area contributed by atoms with Crippen molar-refractivity contribution in [3.05, 3.63) is 0 Å². The van der Waals surface area contributed by atoms with Gasteiger partial charge in [0.1, 0.15) is 0 Å². The van der Waals surface area contributed by atoms with Gasteiger partial charge < -0.3 is 0 Å². The summed E-state index contributed by atoms with van der Waals surface area (Å²) < 4.78 is 0. The fourth-order valence-electron chi connectivity index (χ4n) is 1.00. The second-order valence-electron chi connectivity index (χ2n) is 2.71. The summed E-state index contributed by atoms with van der Waals surface area (Å²) in [5, 5.41) is 1.37. The van der Waals surface area contributed by atoms with Gasteiger partial charge >= 0.3 is 75.7 Å². The zero-order valence-electron chi connectivity index (χ0n) is 6.97. The molecule has 1 unspecified atom stereocenters. The molecule has 0 aliphatic rings. The summed E-state index contributed by atoms with van der Waals surface area (Å²) in [6.07, 6.45) is 5.52. The predicted octanol–water partition coefficient (Wildman–Crippen LogP) is 3.17. The van der Waals surface area contributed by atoms with Gasteiger partial charge in [-0.3, -0.25) is 0 Å². The van der Waals surface area contributed by atoms with Crippen molar-refractivity contribution in [3.63, 3.8) is 0 Å². The van der Waals surface area contributed by atoms with Crippen LogP contribution in [0.3, 0.4) is 0 Å². The molecule has 0 radical (unpaired) electrons. The molecule has 1 atom stereocenters. The third-order valence-corrected chi connectivity index (χ3v) is 3.93. The standard InChI is InChI=1S/C8H18SSe/c1-3-5-6-8(4-2)7-10-9/h8-9H,3-7H2,1-2H3. The molecule has 0 nitrogen and oxygen atoms in total. The minimum atomic E-state index is 0.592. The summed E-state index contributed by atoms with van der Waals surface area (Å²) in [6, 6.07) is 0. The normalized spacial score (nSPS) is 13.5. The van der Waals surface area contributed by atoms with E-state index in [-0.39, 0.29) is 0 Å². The summed E-state index contributed by atoms with van der Waals surface area (Å²) in [5.74, 6) is 0.970. The van der Waals surface area contributed by atoms with Crippen LogP contribution in [-0.4, -0.2) is 13.8 Å². The molecule has 0 aromatic heterocycles. The van der Waals surface area contributed by atoms with Crippen molar-refractivity contribution < 1.29 is 0 Å². The molecule has 0 aliphatic heterocycles. The Bertz CT molecular complexity index is 66.3. The second-order valence-corrected chi connectivity index (χ2v) is 5.29. The first-order valence-corrected chi connectivity index (χ1v) is 7.99. The Balaban J connectivity index is 3.21. The number of thiol groups is 1. The first-order valence-electron chi connectivity index (χ1n) is 4.11. The van der Waals surface area contributed by atoms with Crippen LogP contribution in [0, 0.1) is 5.92 Å². The Morgan fingerprint density at radius 3 is 2.50 bits per heavy atom. The molecule has 0 spiro atoms. The average molecular weight is 225 g/mol. The van der Waals surface area contributed by atoms with Crippen LogP contribution in [-0.2, 0) is 0 Å². The fourth-order valence-corrected chi connectivity index (χ4v) is 3.39. The molecule has 0 rings (SSSR count). The van der Waals surface area contributed by atoms with Gasteiger partial charge in [-0.1, -0.05) is 0 Å². The van der Waals surface area contributed by atoms with Gasteiger partial charge in [0.15, 0.2) is 0 Å². The first kappa shape index (κ1) is 10.9. The van der Waals surface area contributed by atoms with Crippen LogP contribution >= 0.6 is 11.0 Å². The second kappa shape index (κ2) is 7.97. The molecule has 2 heteroatoms.